The molecule has 1 saturated carbocycles. The normalized spacial score (nSPS) is 18.0. The fourth-order valence-corrected chi connectivity index (χ4v) is 4.51. The zero-order chi connectivity index (χ0) is 20.2. The molecular formula is C21H20N4O3S. The van der Waals surface area contributed by atoms with Crippen molar-refractivity contribution in [3.8, 4) is 6.07 Å². The van der Waals surface area contributed by atoms with E-state index in [0.29, 0.717) is 29.8 Å². The van der Waals surface area contributed by atoms with Crippen LogP contribution in [0.25, 0.3) is 6.08 Å². The number of carbonyl (C=O) groups is 2. The second kappa shape index (κ2) is 8.45. The van der Waals surface area contributed by atoms with Crippen molar-refractivity contribution in [3.63, 3.8) is 0 Å². The molecule has 0 bridgehead atoms. The highest BCUT2D eigenvalue weighted by Crippen LogP contribution is 2.38. The minimum atomic E-state index is -0.368. The number of nitriles is 1. The van der Waals surface area contributed by atoms with Gasteiger partial charge in [0.15, 0.2) is 0 Å². The first-order valence-electron chi connectivity index (χ1n) is 9.53. The molecular weight excluding hydrogens is 388 g/mol. The Bertz CT molecular complexity index is 989. The van der Waals surface area contributed by atoms with Gasteiger partial charge >= 0.3 is 6.09 Å². The molecule has 0 radical (unpaired) electrons. The van der Waals surface area contributed by atoms with E-state index in [9.17, 15) is 14.9 Å². The van der Waals surface area contributed by atoms with Crippen LogP contribution in [0.3, 0.4) is 0 Å². The van der Waals surface area contributed by atoms with Gasteiger partial charge in [-0.05, 0) is 49.0 Å². The van der Waals surface area contributed by atoms with Gasteiger partial charge in [-0.2, -0.15) is 5.26 Å². The van der Waals surface area contributed by atoms with E-state index in [0.717, 1.165) is 28.8 Å². The van der Waals surface area contributed by atoms with E-state index in [4.69, 9.17) is 4.74 Å². The van der Waals surface area contributed by atoms with Gasteiger partial charge in [-0.3, -0.25) is 9.78 Å². The molecule has 2 aliphatic carbocycles. The topological polar surface area (TPSA) is 104 Å². The van der Waals surface area contributed by atoms with E-state index in [1.165, 1.54) is 17.4 Å². The number of carbonyl (C=O) groups excluding carboxylic acids is 2. The molecule has 0 spiro atoms. The molecule has 2 amide bonds. The largest absolute Gasteiger partial charge is 0.446 e. The Hall–Kier alpha value is -3.18. The number of ether oxygens (including phenoxy) is 1. The zero-order valence-corrected chi connectivity index (χ0v) is 16.5. The fraction of sp³-hybridized carbons (Fsp3) is 0.333. The molecule has 2 aromatic rings. The van der Waals surface area contributed by atoms with E-state index in [2.05, 4.69) is 21.7 Å². The van der Waals surface area contributed by atoms with Gasteiger partial charge in [0.25, 0.3) is 0 Å². The molecule has 0 aromatic carbocycles. The van der Waals surface area contributed by atoms with Gasteiger partial charge in [0.05, 0.1) is 5.56 Å². The van der Waals surface area contributed by atoms with Crippen LogP contribution in [0.4, 0.5) is 9.80 Å². The van der Waals surface area contributed by atoms with Crippen LogP contribution in [0, 0.1) is 11.3 Å². The summed E-state index contributed by atoms with van der Waals surface area (Å²) in [5.41, 5.74) is 2.28. The molecule has 1 fully saturated rings. The quantitative estimate of drug-likeness (QED) is 0.738. The Morgan fingerprint density at radius 3 is 2.93 bits per heavy atom. The summed E-state index contributed by atoms with van der Waals surface area (Å²) in [6.45, 7) is 0. The average Bonchev–Trinajstić information content (AvgIpc) is 3.46. The van der Waals surface area contributed by atoms with Gasteiger partial charge in [0.1, 0.15) is 17.2 Å². The van der Waals surface area contributed by atoms with Gasteiger partial charge < -0.3 is 15.4 Å². The minimum absolute atomic E-state index is 0.208. The summed E-state index contributed by atoms with van der Waals surface area (Å²) in [5, 5.41) is 15.8. The number of hydrogen-bond acceptors (Lipinski definition) is 6. The maximum atomic E-state index is 12.3. The van der Waals surface area contributed by atoms with Gasteiger partial charge in [-0.25, -0.2) is 4.79 Å². The third kappa shape index (κ3) is 4.81. The van der Waals surface area contributed by atoms with Crippen LogP contribution in [0.1, 0.15) is 40.8 Å². The monoisotopic (exact) mass is 408 g/mol. The Morgan fingerprint density at radius 1 is 1.34 bits per heavy atom. The van der Waals surface area contributed by atoms with Crippen LogP contribution in [-0.4, -0.2) is 29.1 Å². The van der Waals surface area contributed by atoms with Crippen molar-refractivity contribution in [2.24, 2.45) is 0 Å². The van der Waals surface area contributed by atoms with E-state index >= 15 is 0 Å². The lowest BCUT2D eigenvalue weighted by Crippen LogP contribution is -2.32. The highest BCUT2D eigenvalue weighted by Gasteiger charge is 2.30. The number of pyridine rings is 1. The number of anilines is 1. The molecule has 1 unspecified atom stereocenters. The first-order valence-corrected chi connectivity index (χ1v) is 10.3. The Morgan fingerprint density at radius 2 is 2.21 bits per heavy atom. The molecule has 4 rings (SSSR count). The molecule has 29 heavy (non-hydrogen) atoms. The number of fused-ring (bicyclic) bond motifs is 1. The molecule has 1 atom stereocenters. The van der Waals surface area contributed by atoms with Crippen molar-refractivity contribution in [1.29, 1.82) is 5.26 Å². The summed E-state index contributed by atoms with van der Waals surface area (Å²) in [6, 6.07) is 6.12. The van der Waals surface area contributed by atoms with Crippen LogP contribution in [0.5, 0.6) is 0 Å². The Balaban J connectivity index is 1.41. The van der Waals surface area contributed by atoms with Gasteiger partial charge in [0.2, 0.25) is 5.91 Å². The second-order valence-corrected chi connectivity index (χ2v) is 8.22. The predicted octanol–water partition coefficient (Wildman–Crippen LogP) is 3.41. The van der Waals surface area contributed by atoms with Crippen molar-refractivity contribution in [2.75, 3.05) is 5.32 Å². The highest BCUT2D eigenvalue weighted by molar-refractivity contribution is 7.16. The lowest BCUT2D eigenvalue weighted by atomic mass is 9.94. The van der Waals surface area contributed by atoms with E-state index in [1.54, 1.807) is 24.5 Å². The van der Waals surface area contributed by atoms with Crippen LogP contribution < -0.4 is 10.6 Å². The summed E-state index contributed by atoms with van der Waals surface area (Å²) in [7, 11) is 0. The van der Waals surface area contributed by atoms with Crippen molar-refractivity contribution in [3.05, 3.63) is 52.2 Å². The summed E-state index contributed by atoms with van der Waals surface area (Å²) < 4.78 is 5.52. The average molecular weight is 408 g/mol. The first-order chi connectivity index (χ1) is 14.1. The smallest absolute Gasteiger partial charge is 0.407 e. The molecule has 7 nitrogen and oxygen atoms in total. The maximum absolute atomic E-state index is 12.3. The lowest BCUT2D eigenvalue weighted by Gasteiger charge is -2.22. The van der Waals surface area contributed by atoms with E-state index in [-0.39, 0.29) is 24.1 Å². The number of hydrogen-bond donors (Lipinski definition) is 2. The molecule has 2 heterocycles. The SMILES string of the molecule is N#Cc1c(NC(=O)C=Cc2cccnc2)sc2c1CCC(OC(=O)NC1CC1)C2. The van der Waals surface area contributed by atoms with Crippen LogP contribution in [-0.2, 0) is 22.4 Å². The second-order valence-electron chi connectivity index (χ2n) is 7.12. The summed E-state index contributed by atoms with van der Waals surface area (Å²) in [6.07, 6.45) is 9.75. The minimum Gasteiger partial charge on any atom is -0.446 e. The molecule has 0 saturated heterocycles. The lowest BCUT2D eigenvalue weighted by molar-refractivity contribution is -0.111. The molecule has 2 aromatic heterocycles. The molecule has 0 aliphatic heterocycles. The van der Waals surface area contributed by atoms with Gasteiger partial charge in [-0.1, -0.05) is 6.07 Å². The number of amides is 2. The molecule has 148 valence electrons. The van der Waals surface area contributed by atoms with E-state index < -0.39 is 0 Å². The number of thiophene rings is 1. The predicted molar refractivity (Wildman–Crippen MR) is 109 cm³/mol. The van der Waals surface area contributed by atoms with Crippen LogP contribution in [0.15, 0.2) is 30.6 Å². The van der Waals surface area contributed by atoms with Crippen LogP contribution in [0.2, 0.25) is 0 Å². The third-order valence-electron chi connectivity index (χ3n) is 4.85. The Kier molecular flexibility index (Phi) is 5.58. The molecule has 2 N–H and O–H groups in total. The molecule has 8 heteroatoms. The fourth-order valence-electron chi connectivity index (χ4n) is 3.24. The Labute approximate surface area is 172 Å². The summed E-state index contributed by atoms with van der Waals surface area (Å²) in [5.74, 6) is -0.305. The standard InChI is InChI=1S/C21H20N4O3S/c22-11-17-16-7-6-15(28-21(27)24-14-4-5-14)10-18(16)29-20(17)25-19(26)8-3-13-2-1-9-23-12-13/h1-3,8-9,12,14-15H,4-7,10H2,(H,24,27)(H,25,26). The number of alkyl carbamates (subject to hydrolysis) is 1. The summed E-state index contributed by atoms with van der Waals surface area (Å²) in [4.78, 5) is 29.2. The number of aromatic nitrogens is 1. The van der Waals surface area contributed by atoms with Crippen molar-refractivity contribution in [1.82, 2.24) is 10.3 Å². The summed E-state index contributed by atoms with van der Waals surface area (Å²) >= 11 is 1.38. The van der Waals surface area contributed by atoms with Crippen molar-refractivity contribution in [2.45, 2.75) is 44.2 Å². The van der Waals surface area contributed by atoms with Crippen molar-refractivity contribution < 1.29 is 14.3 Å². The van der Waals surface area contributed by atoms with E-state index in [1.807, 2.05) is 6.07 Å². The van der Waals surface area contributed by atoms with Crippen LogP contribution >= 0.6 is 11.3 Å². The van der Waals surface area contributed by atoms with Gasteiger partial charge in [-0.15, -0.1) is 11.3 Å². The first kappa shape index (κ1) is 19.2. The molecule has 2 aliphatic rings. The maximum Gasteiger partial charge on any atom is 0.407 e. The highest BCUT2D eigenvalue weighted by atomic mass is 32.1. The number of nitrogens with one attached hydrogen (secondary N) is 2. The van der Waals surface area contributed by atoms with Crippen molar-refractivity contribution >= 4 is 34.4 Å². The zero-order valence-electron chi connectivity index (χ0n) is 15.7. The van der Waals surface area contributed by atoms with Gasteiger partial charge in [0, 0.05) is 35.8 Å². The third-order valence-corrected chi connectivity index (χ3v) is 6.02. The number of rotatable bonds is 5. The number of nitrogens with zero attached hydrogens (tertiary/aromatic N) is 2.